The van der Waals surface area contributed by atoms with Gasteiger partial charge in [-0.1, -0.05) is 6.07 Å². The second-order valence-corrected chi connectivity index (χ2v) is 9.66. The van der Waals surface area contributed by atoms with E-state index < -0.39 is 10.0 Å². The van der Waals surface area contributed by atoms with Crippen LogP contribution >= 0.6 is 0 Å². The fourth-order valence-electron chi connectivity index (χ4n) is 3.80. The van der Waals surface area contributed by atoms with Crippen molar-refractivity contribution in [3.63, 3.8) is 0 Å². The van der Waals surface area contributed by atoms with Gasteiger partial charge in [0.1, 0.15) is 5.75 Å². The molecule has 1 aliphatic heterocycles. The number of ether oxygens (including phenoxy) is 1. The lowest BCUT2D eigenvalue weighted by atomic mass is 10.1. The van der Waals surface area contributed by atoms with Crippen LogP contribution in [-0.4, -0.2) is 56.2 Å². The molecule has 1 aromatic heterocycles. The van der Waals surface area contributed by atoms with Gasteiger partial charge >= 0.3 is 0 Å². The lowest BCUT2D eigenvalue weighted by molar-refractivity contribution is 0.383. The summed E-state index contributed by atoms with van der Waals surface area (Å²) >= 11 is 0. The zero-order valence-corrected chi connectivity index (χ0v) is 18.8. The van der Waals surface area contributed by atoms with Crippen LogP contribution in [-0.2, 0) is 10.0 Å². The molecule has 1 aliphatic rings. The molecule has 3 aromatic rings. The molecule has 1 fully saturated rings. The van der Waals surface area contributed by atoms with E-state index in [0.717, 1.165) is 34.0 Å². The molecule has 0 aliphatic carbocycles. The number of rotatable bonds is 5. The summed E-state index contributed by atoms with van der Waals surface area (Å²) in [5.74, 6) is 1.54. The average Bonchev–Trinajstić information content (AvgIpc) is 2.79. The first-order valence-electron chi connectivity index (χ1n) is 10.2. The van der Waals surface area contributed by atoms with Crippen molar-refractivity contribution in [2.24, 2.45) is 0 Å². The molecule has 0 saturated carbocycles. The van der Waals surface area contributed by atoms with E-state index in [1.165, 1.54) is 0 Å². The number of sulfonamides is 1. The maximum atomic E-state index is 13.1. The molecular formula is C23H26N4O3S. The van der Waals surface area contributed by atoms with Crippen LogP contribution in [0.5, 0.6) is 5.75 Å². The summed E-state index contributed by atoms with van der Waals surface area (Å²) in [4.78, 5) is 2.43. The Labute approximate surface area is 183 Å². The highest BCUT2D eigenvalue weighted by Gasteiger charge is 2.29. The van der Waals surface area contributed by atoms with Gasteiger partial charge in [-0.05, 0) is 73.5 Å². The Morgan fingerprint density at radius 3 is 2.03 bits per heavy atom. The monoisotopic (exact) mass is 438 g/mol. The number of aromatic nitrogens is 2. The highest BCUT2D eigenvalue weighted by atomic mass is 32.2. The van der Waals surface area contributed by atoms with Crippen molar-refractivity contribution in [1.29, 1.82) is 0 Å². The summed E-state index contributed by atoms with van der Waals surface area (Å²) in [5.41, 5.74) is 3.64. The number of hydrogen-bond acceptors (Lipinski definition) is 6. The summed E-state index contributed by atoms with van der Waals surface area (Å²) in [6, 6.07) is 17.0. The Bertz CT molecular complexity index is 1130. The molecule has 2 heterocycles. The van der Waals surface area contributed by atoms with Gasteiger partial charge in [-0.2, -0.15) is 4.31 Å². The normalized spacial score (nSPS) is 15.1. The molecule has 31 heavy (non-hydrogen) atoms. The zero-order valence-electron chi connectivity index (χ0n) is 17.9. The van der Waals surface area contributed by atoms with Crippen LogP contribution in [0.4, 0.5) is 5.82 Å². The van der Waals surface area contributed by atoms with Crippen molar-refractivity contribution in [2.75, 3.05) is 38.2 Å². The lowest BCUT2D eigenvalue weighted by Crippen LogP contribution is -2.49. The molecule has 0 atom stereocenters. The standard InChI is InChI=1S/C23H26N4O3S/c1-17-14-18(2)16-21(15-17)31(28,29)27-12-10-26(11-13-27)23-9-8-22(24-25-23)19-4-6-20(30-3)7-5-19/h4-9,14-16H,10-13H2,1-3H3. The number of piperazine rings is 1. The summed E-state index contributed by atoms with van der Waals surface area (Å²) in [6.45, 7) is 5.80. The van der Waals surface area contributed by atoms with Crippen LogP contribution in [0.1, 0.15) is 11.1 Å². The van der Waals surface area contributed by atoms with Gasteiger partial charge in [-0.3, -0.25) is 0 Å². The van der Waals surface area contributed by atoms with Gasteiger partial charge in [0, 0.05) is 31.7 Å². The fourth-order valence-corrected chi connectivity index (χ4v) is 5.41. The maximum absolute atomic E-state index is 13.1. The van der Waals surface area contributed by atoms with Gasteiger partial charge in [0.2, 0.25) is 10.0 Å². The molecule has 0 amide bonds. The number of anilines is 1. The molecule has 0 bridgehead atoms. The topological polar surface area (TPSA) is 75.6 Å². The second kappa shape index (κ2) is 8.64. The predicted molar refractivity (Wildman–Crippen MR) is 121 cm³/mol. The SMILES string of the molecule is COc1ccc(-c2ccc(N3CCN(S(=O)(=O)c4cc(C)cc(C)c4)CC3)nn2)cc1. The molecule has 162 valence electrons. The van der Waals surface area contributed by atoms with E-state index in [9.17, 15) is 8.42 Å². The van der Waals surface area contributed by atoms with Gasteiger partial charge in [0.05, 0.1) is 17.7 Å². The Morgan fingerprint density at radius 2 is 1.48 bits per heavy atom. The Kier molecular flexibility index (Phi) is 5.93. The molecule has 0 unspecified atom stereocenters. The molecular weight excluding hydrogens is 412 g/mol. The predicted octanol–water partition coefficient (Wildman–Crippen LogP) is 3.28. The van der Waals surface area contributed by atoms with Crippen molar-refractivity contribution in [1.82, 2.24) is 14.5 Å². The smallest absolute Gasteiger partial charge is 0.243 e. The highest BCUT2D eigenvalue weighted by Crippen LogP contribution is 2.24. The Hall–Kier alpha value is -2.97. The van der Waals surface area contributed by atoms with Crippen LogP contribution in [0, 0.1) is 13.8 Å². The van der Waals surface area contributed by atoms with Crippen molar-refractivity contribution >= 4 is 15.8 Å². The minimum atomic E-state index is -3.50. The molecule has 0 spiro atoms. The zero-order chi connectivity index (χ0) is 22.0. The van der Waals surface area contributed by atoms with E-state index in [0.29, 0.717) is 31.1 Å². The summed E-state index contributed by atoms with van der Waals surface area (Å²) in [5, 5.41) is 8.72. The van der Waals surface area contributed by atoms with Crippen molar-refractivity contribution in [3.8, 4) is 17.0 Å². The molecule has 0 N–H and O–H groups in total. The quantitative estimate of drug-likeness (QED) is 0.609. The van der Waals surface area contributed by atoms with E-state index >= 15 is 0 Å². The molecule has 1 saturated heterocycles. The summed E-state index contributed by atoms with van der Waals surface area (Å²) in [6.07, 6.45) is 0. The number of methoxy groups -OCH3 is 1. The fraction of sp³-hybridized carbons (Fsp3) is 0.304. The van der Waals surface area contributed by atoms with Gasteiger partial charge in [-0.15, -0.1) is 10.2 Å². The van der Waals surface area contributed by atoms with Crippen LogP contribution in [0.2, 0.25) is 0 Å². The van der Waals surface area contributed by atoms with Crippen molar-refractivity contribution in [3.05, 3.63) is 65.7 Å². The molecule has 8 heteroatoms. The molecule has 7 nitrogen and oxygen atoms in total. The minimum Gasteiger partial charge on any atom is -0.497 e. The van der Waals surface area contributed by atoms with E-state index in [1.54, 1.807) is 23.5 Å². The van der Waals surface area contributed by atoms with Crippen molar-refractivity contribution in [2.45, 2.75) is 18.7 Å². The molecule has 4 rings (SSSR count). The average molecular weight is 439 g/mol. The Morgan fingerprint density at radius 1 is 0.839 bits per heavy atom. The minimum absolute atomic E-state index is 0.363. The van der Waals surface area contributed by atoms with Crippen LogP contribution in [0.3, 0.4) is 0 Å². The van der Waals surface area contributed by atoms with E-state index in [1.807, 2.05) is 56.3 Å². The van der Waals surface area contributed by atoms with Gasteiger partial charge in [0.25, 0.3) is 0 Å². The van der Waals surface area contributed by atoms with Crippen molar-refractivity contribution < 1.29 is 13.2 Å². The number of aryl methyl sites for hydroxylation is 2. The first-order chi connectivity index (χ1) is 14.9. The van der Waals surface area contributed by atoms with Gasteiger partial charge in [-0.25, -0.2) is 8.42 Å². The second-order valence-electron chi connectivity index (χ2n) is 7.72. The maximum Gasteiger partial charge on any atom is 0.243 e. The lowest BCUT2D eigenvalue weighted by Gasteiger charge is -2.34. The number of nitrogens with zero attached hydrogens (tertiary/aromatic N) is 4. The third-order valence-corrected chi connectivity index (χ3v) is 7.31. The first-order valence-corrected chi connectivity index (χ1v) is 11.6. The number of benzene rings is 2. The van der Waals surface area contributed by atoms with E-state index in [4.69, 9.17) is 4.74 Å². The third kappa shape index (κ3) is 4.55. The molecule has 0 radical (unpaired) electrons. The largest absolute Gasteiger partial charge is 0.497 e. The summed E-state index contributed by atoms with van der Waals surface area (Å²) < 4.78 is 32.8. The van der Waals surface area contributed by atoms with Gasteiger partial charge in [0.15, 0.2) is 5.82 Å². The summed E-state index contributed by atoms with van der Waals surface area (Å²) in [7, 11) is -1.87. The Balaban J connectivity index is 1.43. The van der Waals surface area contributed by atoms with Crippen LogP contribution in [0.15, 0.2) is 59.5 Å². The first kappa shape index (κ1) is 21.3. The van der Waals surface area contributed by atoms with Gasteiger partial charge < -0.3 is 9.64 Å². The number of hydrogen-bond donors (Lipinski definition) is 0. The van der Waals surface area contributed by atoms with Crippen LogP contribution in [0.25, 0.3) is 11.3 Å². The van der Waals surface area contributed by atoms with E-state index in [2.05, 4.69) is 15.1 Å². The van der Waals surface area contributed by atoms with E-state index in [-0.39, 0.29) is 0 Å². The molecule has 2 aromatic carbocycles. The van der Waals surface area contributed by atoms with Crippen LogP contribution < -0.4 is 9.64 Å². The third-order valence-electron chi connectivity index (χ3n) is 5.43. The highest BCUT2D eigenvalue weighted by molar-refractivity contribution is 7.89.